The topological polar surface area (TPSA) is 64.7 Å². The van der Waals surface area contributed by atoms with Crippen molar-refractivity contribution < 1.29 is 0 Å². The highest BCUT2D eigenvalue weighted by Gasteiger charge is 2.44. The molecule has 2 fully saturated rings. The molecule has 0 unspecified atom stereocenters. The lowest BCUT2D eigenvalue weighted by atomic mass is 9.64. The lowest BCUT2D eigenvalue weighted by Crippen LogP contribution is -2.38. The summed E-state index contributed by atoms with van der Waals surface area (Å²) in [4.78, 5) is 13.6. The van der Waals surface area contributed by atoms with Crippen LogP contribution < -0.4 is 5.73 Å². The second-order valence-corrected chi connectivity index (χ2v) is 5.95. The molecule has 0 bridgehead atoms. The molecule has 1 heterocycles. The summed E-state index contributed by atoms with van der Waals surface area (Å²) < 4.78 is 0. The Morgan fingerprint density at radius 1 is 1.00 bits per heavy atom. The van der Waals surface area contributed by atoms with Crippen LogP contribution in [0.5, 0.6) is 0 Å². The van der Waals surface area contributed by atoms with Gasteiger partial charge < -0.3 is 5.73 Å². The van der Waals surface area contributed by atoms with Crippen molar-refractivity contribution in [2.24, 2.45) is 0 Å². The summed E-state index contributed by atoms with van der Waals surface area (Å²) >= 11 is 0. The number of nitrogens with two attached hydrogens (primary N) is 1. The SMILES string of the molecule is Nc1nc(C2CC2)nc(C2(c3ccccc3)CCC2)n1. The van der Waals surface area contributed by atoms with Gasteiger partial charge in [-0.15, -0.1) is 0 Å². The summed E-state index contributed by atoms with van der Waals surface area (Å²) in [5.41, 5.74) is 7.18. The number of aromatic nitrogens is 3. The minimum Gasteiger partial charge on any atom is -0.368 e. The Kier molecular flexibility index (Phi) is 2.52. The van der Waals surface area contributed by atoms with E-state index in [1.165, 1.54) is 24.8 Å². The predicted octanol–water partition coefficient (Wildman–Crippen LogP) is 2.80. The minimum atomic E-state index is -0.0397. The fourth-order valence-electron chi connectivity index (χ4n) is 3.08. The van der Waals surface area contributed by atoms with Gasteiger partial charge in [-0.05, 0) is 31.2 Å². The second kappa shape index (κ2) is 4.27. The smallest absolute Gasteiger partial charge is 0.223 e. The van der Waals surface area contributed by atoms with Crippen LogP contribution in [-0.4, -0.2) is 15.0 Å². The summed E-state index contributed by atoms with van der Waals surface area (Å²) in [5, 5.41) is 0. The van der Waals surface area contributed by atoms with Gasteiger partial charge in [0.15, 0.2) is 0 Å². The average Bonchev–Trinajstić information content (AvgIpc) is 3.22. The zero-order chi connectivity index (χ0) is 13.6. The quantitative estimate of drug-likeness (QED) is 0.927. The zero-order valence-electron chi connectivity index (χ0n) is 11.4. The highest BCUT2D eigenvalue weighted by molar-refractivity contribution is 5.37. The molecule has 1 aromatic carbocycles. The highest BCUT2D eigenvalue weighted by atomic mass is 15.1. The molecular weight excluding hydrogens is 248 g/mol. The largest absolute Gasteiger partial charge is 0.368 e. The number of nitrogen functional groups attached to an aromatic ring is 1. The van der Waals surface area contributed by atoms with Gasteiger partial charge in [0.1, 0.15) is 11.6 Å². The van der Waals surface area contributed by atoms with E-state index >= 15 is 0 Å². The van der Waals surface area contributed by atoms with E-state index < -0.39 is 0 Å². The fraction of sp³-hybridized carbons (Fsp3) is 0.438. The number of nitrogens with zero attached hydrogens (tertiary/aromatic N) is 3. The van der Waals surface area contributed by atoms with E-state index in [1.807, 2.05) is 6.07 Å². The van der Waals surface area contributed by atoms with Crippen molar-refractivity contribution in [2.75, 3.05) is 5.73 Å². The van der Waals surface area contributed by atoms with E-state index in [4.69, 9.17) is 10.7 Å². The fourth-order valence-corrected chi connectivity index (χ4v) is 3.08. The third kappa shape index (κ3) is 1.79. The average molecular weight is 266 g/mol. The van der Waals surface area contributed by atoms with Crippen molar-refractivity contribution in [3.8, 4) is 0 Å². The van der Waals surface area contributed by atoms with Crippen LogP contribution in [0.25, 0.3) is 0 Å². The van der Waals surface area contributed by atoms with Gasteiger partial charge in [-0.3, -0.25) is 0 Å². The van der Waals surface area contributed by atoms with E-state index in [1.54, 1.807) is 0 Å². The maximum atomic E-state index is 5.92. The van der Waals surface area contributed by atoms with Gasteiger partial charge in [0.25, 0.3) is 0 Å². The Morgan fingerprint density at radius 2 is 1.75 bits per heavy atom. The first-order valence-corrected chi connectivity index (χ1v) is 7.35. The van der Waals surface area contributed by atoms with Gasteiger partial charge in [0.2, 0.25) is 5.95 Å². The molecular formula is C16H18N4. The lowest BCUT2D eigenvalue weighted by molar-refractivity contribution is 0.284. The normalized spacial score (nSPS) is 20.4. The number of hydrogen-bond donors (Lipinski definition) is 1. The molecule has 0 saturated heterocycles. The molecule has 102 valence electrons. The van der Waals surface area contributed by atoms with Crippen LogP contribution in [-0.2, 0) is 5.41 Å². The monoisotopic (exact) mass is 266 g/mol. The maximum absolute atomic E-state index is 5.92. The van der Waals surface area contributed by atoms with E-state index in [2.05, 4.69) is 34.2 Å². The van der Waals surface area contributed by atoms with Gasteiger partial charge >= 0.3 is 0 Å². The van der Waals surface area contributed by atoms with Crippen LogP contribution in [0.3, 0.4) is 0 Å². The minimum absolute atomic E-state index is 0.0397. The van der Waals surface area contributed by atoms with E-state index in [0.29, 0.717) is 11.9 Å². The summed E-state index contributed by atoms with van der Waals surface area (Å²) in [6, 6.07) is 10.6. The Labute approximate surface area is 118 Å². The Hall–Kier alpha value is -1.97. The van der Waals surface area contributed by atoms with Crippen molar-refractivity contribution in [2.45, 2.75) is 43.4 Å². The molecule has 2 aromatic rings. The van der Waals surface area contributed by atoms with Crippen LogP contribution in [0.2, 0.25) is 0 Å². The van der Waals surface area contributed by atoms with Crippen LogP contribution in [0.15, 0.2) is 30.3 Å². The van der Waals surface area contributed by atoms with Crippen LogP contribution in [0, 0.1) is 0 Å². The molecule has 0 spiro atoms. The van der Waals surface area contributed by atoms with Crippen LogP contribution >= 0.6 is 0 Å². The summed E-state index contributed by atoms with van der Waals surface area (Å²) in [6.07, 6.45) is 5.79. The molecule has 2 N–H and O–H groups in total. The third-order valence-electron chi connectivity index (χ3n) is 4.57. The van der Waals surface area contributed by atoms with Crippen molar-refractivity contribution in [3.63, 3.8) is 0 Å². The number of hydrogen-bond acceptors (Lipinski definition) is 4. The van der Waals surface area contributed by atoms with Gasteiger partial charge in [0, 0.05) is 5.92 Å². The predicted molar refractivity (Wildman–Crippen MR) is 77.3 cm³/mol. The first kappa shape index (κ1) is 11.8. The second-order valence-electron chi connectivity index (χ2n) is 5.95. The van der Waals surface area contributed by atoms with E-state index in [0.717, 1.165) is 24.5 Å². The first-order valence-electron chi connectivity index (χ1n) is 7.35. The van der Waals surface area contributed by atoms with Gasteiger partial charge in [-0.1, -0.05) is 36.8 Å². The molecule has 1 aromatic heterocycles. The Bertz CT molecular complexity index is 630. The summed E-state index contributed by atoms with van der Waals surface area (Å²) in [6.45, 7) is 0. The van der Waals surface area contributed by atoms with Gasteiger partial charge in [-0.25, -0.2) is 4.98 Å². The first-order chi connectivity index (χ1) is 9.78. The molecule has 0 amide bonds. The van der Waals surface area contributed by atoms with E-state index in [-0.39, 0.29) is 5.41 Å². The van der Waals surface area contributed by atoms with Gasteiger partial charge in [0.05, 0.1) is 5.41 Å². The zero-order valence-corrected chi connectivity index (χ0v) is 11.4. The maximum Gasteiger partial charge on any atom is 0.223 e. The highest BCUT2D eigenvalue weighted by Crippen LogP contribution is 2.48. The molecule has 0 atom stereocenters. The number of rotatable bonds is 3. The standard InChI is InChI=1S/C16H18N4/c17-15-19-13(11-7-8-11)18-14(20-15)16(9-4-10-16)12-5-2-1-3-6-12/h1-3,5-6,11H,4,7-10H2,(H2,17,18,19,20). The molecule has 0 aliphatic heterocycles. The molecule has 2 aliphatic carbocycles. The van der Waals surface area contributed by atoms with Gasteiger partial charge in [-0.2, -0.15) is 9.97 Å². The van der Waals surface area contributed by atoms with Crippen molar-refractivity contribution in [1.29, 1.82) is 0 Å². The molecule has 20 heavy (non-hydrogen) atoms. The van der Waals surface area contributed by atoms with Crippen molar-refractivity contribution >= 4 is 5.95 Å². The molecule has 4 rings (SSSR count). The van der Waals surface area contributed by atoms with Crippen LogP contribution in [0.1, 0.15) is 55.2 Å². The van der Waals surface area contributed by atoms with Crippen molar-refractivity contribution in [1.82, 2.24) is 15.0 Å². The molecule has 2 aliphatic rings. The molecule has 2 saturated carbocycles. The number of anilines is 1. The Morgan fingerprint density at radius 3 is 2.35 bits per heavy atom. The van der Waals surface area contributed by atoms with Crippen molar-refractivity contribution in [3.05, 3.63) is 47.5 Å². The van der Waals surface area contributed by atoms with Crippen LogP contribution in [0.4, 0.5) is 5.95 Å². The van der Waals surface area contributed by atoms with E-state index in [9.17, 15) is 0 Å². The lowest BCUT2D eigenvalue weighted by Gasteiger charge is -2.41. The third-order valence-corrected chi connectivity index (χ3v) is 4.57. The summed E-state index contributed by atoms with van der Waals surface area (Å²) in [7, 11) is 0. The molecule has 4 nitrogen and oxygen atoms in total. The molecule has 0 radical (unpaired) electrons. The Balaban J connectivity index is 1.82. The summed E-state index contributed by atoms with van der Waals surface area (Å²) in [5.74, 6) is 2.66. The molecule has 4 heteroatoms. The number of benzene rings is 1.